The van der Waals surface area contributed by atoms with Gasteiger partial charge in [0.1, 0.15) is 0 Å². The van der Waals surface area contributed by atoms with Crippen molar-refractivity contribution >= 4 is 17.3 Å². The molecular weight excluding hydrogens is 198 g/mol. The minimum absolute atomic E-state index is 0.358. The van der Waals surface area contributed by atoms with E-state index in [-0.39, 0.29) is 0 Å². The number of nitrogens with zero attached hydrogens (tertiary/aromatic N) is 1. The highest BCUT2D eigenvalue weighted by Gasteiger charge is 1.97. The zero-order valence-corrected chi connectivity index (χ0v) is 8.98. The highest BCUT2D eigenvalue weighted by molar-refractivity contribution is 7.12. The summed E-state index contributed by atoms with van der Waals surface area (Å²) >= 11 is 1.50. The lowest BCUT2D eigenvalue weighted by atomic mass is 10.5. The van der Waals surface area contributed by atoms with E-state index >= 15 is 0 Å². The monoisotopic (exact) mass is 209 g/mol. The van der Waals surface area contributed by atoms with Gasteiger partial charge in [-0.3, -0.25) is 0 Å². The predicted molar refractivity (Wildman–Crippen MR) is 55.0 cm³/mol. The van der Waals surface area contributed by atoms with Crippen LogP contribution in [0.5, 0.6) is 0 Å². The van der Waals surface area contributed by atoms with Crippen molar-refractivity contribution in [3.63, 3.8) is 0 Å². The van der Waals surface area contributed by atoms with Crippen molar-refractivity contribution in [3.05, 3.63) is 16.1 Å². The molecule has 4 heteroatoms. The summed E-state index contributed by atoms with van der Waals surface area (Å²) in [5.41, 5.74) is 0. The van der Waals surface area contributed by atoms with E-state index in [1.54, 1.807) is 13.1 Å². The van der Waals surface area contributed by atoms with Crippen LogP contribution in [0.15, 0.2) is 6.20 Å². The maximum absolute atomic E-state index is 10.9. The zero-order valence-electron chi connectivity index (χ0n) is 8.16. The van der Waals surface area contributed by atoms with Gasteiger partial charge >= 0.3 is 5.97 Å². The summed E-state index contributed by atoms with van der Waals surface area (Å²) in [6.07, 6.45) is 2.57. The number of thiazole rings is 1. The van der Waals surface area contributed by atoms with Gasteiger partial charge in [0, 0.05) is 5.92 Å². The van der Waals surface area contributed by atoms with Gasteiger partial charge in [0.05, 0.1) is 22.7 Å². The van der Waals surface area contributed by atoms with Gasteiger partial charge in [0.15, 0.2) is 0 Å². The van der Waals surface area contributed by atoms with Crippen molar-refractivity contribution in [1.29, 1.82) is 0 Å². The predicted octanol–water partition coefficient (Wildman–Crippen LogP) is 1.62. The molecule has 0 spiro atoms. The van der Waals surface area contributed by atoms with Crippen LogP contribution in [-0.2, 0) is 16.0 Å². The molecule has 14 heavy (non-hydrogen) atoms. The Balaban J connectivity index is 2.62. The number of esters is 1. The summed E-state index contributed by atoms with van der Waals surface area (Å²) in [5, 5.41) is 1.03. The minimum Gasteiger partial charge on any atom is -0.456 e. The summed E-state index contributed by atoms with van der Waals surface area (Å²) in [7, 11) is 0. The first-order valence-corrected chi connectivity index (χ1v) is 5.21. The zero-order chi connectivity index (χ0) is 10.4. The van der Waals surface area contributed by atoms with Gasteiger partial charge in [-0.15, -0.1) is 11.3 Å². The molecule has 1 heterocycles. The molecule has 0 bridgehead atoms. The molecule has 0 atom stereocenters. The second-order valence-electron chi connectivity index (χ2n) is 2.44. The van der Waals surface area contributed by atoms with Gasteiger partial charge in [-0.25, -0.2) is 9.78 Å². The van der Waals surface area contributed by atoms with Crippen molar-refractivity contribution in [3.8, 4) is 11.8 Å². The van der Waals surface area contributed by atoms with Crippen molar-refractivity contribution in [2.75, 3.05) is 6.61 Å². The van der Waals surface area contributed by atoms with Gasteiger partial charge in [0.2, 0.25) is 0 Å². The first-order chi connectivity index (χ1) is 6.76. The third-order valence-corrected chi connectivity index (χ3v) is 2.48. The fourth-order valence-electron chi connectivity index (χ4n) is 0.811. The second kappa shape index (κ2) is 5.40. The lowest BCUT2D eigenvalue weighted by Gasteiger charge is -1.89. The number of hydrogen-bond donors (Lipinski definition) is 0. The van der Waals surface area contributed by atoms with Crippen LogP contribution in [0.1, 0.15) is 23.7 Å². The molecule has 1 rings (SSSR count). The summed E-state index contributed by atoms with van der Waals surface area (Å²) in [4.78, 5) is 15.8. The molecule has 0 saturated carbocycles. The molecule has 1 aromatic rings. The molecule has 0 unspecified atom stereocenters. The normalized spacial score (nSPS) is 9.00. The Bertz CT molecular complexity index is 373. The highest BCUT2D eigenvalue weighted by atomic mass is 32.1. The van der Waals surface area contributed by atoms with E-state index in [1.165, 1.54) is 11.3 Å². The van der Waals surface area contributed by atoms with E-state index in [1.807, 2.05) is 6.92 Å². The van der Waals surface area contributed by atoms with Gasteiger partial charge in [0.25, 0.3) is 0 Å². The van der Waals surface area contributed by atoms with E-state index in [0.717, 1.165) is 16.3 Å². The fraction of sp³-hybridized carbons (Fsp3) is 0.400. The third kappa shape index (κ3) is 3.19. The Labute approximate surface area is 87.1 Å². The Morgan fingerprint density at radius 1 is 1.64 bits per heavy atom. The maximum Gasteiger partial charge on any atom is 0.384 e. The molecule has 0 saturated heterocycles. The van der Waals surface area contributed by atoms with Crippen molar-refractivity contribution in [2.45, 2.75) is 20.3 Å². The lowest BCUT2D eigenvalue weighted by Crippen LogP contribution is -1.99. The third-order valence-electron chi connectivity index (χ3n) is 1.42. The molecule has 1 aromatic heterocycles. The van der Waals surface area contributed by atoms with E-state index in [0.29, 0.717) is 6.61 Å². The Hall–Kier alpha value is -1.34. The summed E-state index contributed by atoms with van der Waals surface area (Å²) in [6.45, 7) is 4.14. The van der Waals surface area contributed by atoms with Crippen LogP contribution < -0.4 is 0 Å². The van der Waals surface area contributed by atoms with Gasteiger partial charge < -0.3 is 4.74 Å². The molecule has 0 N–H and O–H groups in total. The van der Waals surface area contributed by atoms with Crippen LogP contribution in [0, 0.1) is 11.8 Å². The Kier molecular flexibility index (Phi) is 4.14. The average Bonchev–Trinajstić information content (AvgIpc) is 2.63. The van der Waals surface area contributed by atoms with E-state index in [2.05, 4.69) is 21.6 Å². The van der Waals surface area contributed by atoms with Gasteiger partial charge in [-0.2, -0.15) is 0 Å². The standard InChI is InChI=1S/C10H11NO2S/c1-3-9-11-7-8(14-9)5-6-10(12)13-4-2/h7H,3-4H2,1-2H3. The van der Waals surface area contributed by atoms with Crippen molar-refractivity contribution < 1.29 is 9.53 Å². The number of ether oxygens (including phenoxy) is 1. The summed E-state index contributed by atoms with van der Waals surface area (Å²) in [5.74, 6) is 4.62. The quantitative estimate of drug-likeness (QED) is 0.549. The van der Waals surface area contributed by atoms with Crippen LogP contribution in [0.25, 0.3) is 0 Å². The molecule has 3 nitrogen and oxygen atoms in total. The minimum atomic E-state index is -0.487. The summed E-state index contributed by atoms with van der Waals surface area (Å²) < 4.78 is 4.67. The molecule has 0 aliphatic rings. The highest BCUT2D eigenvalue weighted by Crippen LogP contribution is 2.11. The van der Waals surface area contributed by atoms with Gasteiger partial charge in [-0.05, 0) is 19.3 Å². The number of carbonyl (C=O) groups excluding carboxylic acids is 1. The van der Waals surface area contributed by atoms with Crippen LogP contribution >= 0.6 is 11.3 Å². The SMILES string of the molecule is CCOC(=O)C#Cc1cnc(CC)s1. The van der Waals surface area contributed by atoms with Crippen LogP contribution in [0.4, 0.5) is 0 Å². The van der Waals surface area contributed by atoms with Crippen LogP contribution in [-0.4, -0.2) is 17.6 Å². The summed E-state index contributed by atoms with van der Waals surface area (Å²) in [6, 6.07) is 0. The smallest absolute Gasteiger partial charge is 0.384 e. The molecule has 0 aliphatic heterocycles. The number of aryl methyl sites for hydroxylation is 1. The first-order valence-electron chi connectivity index (χ1n) is 4.39. The first kappa shape index (κ1) is 10.7. The van der Waals surface area contributed by atoms with Crippen molar-refractivity contribution in [1.82, 2.24) is 4.98 Å². The number of rotatable bonds is 2. The van der Waals surface area contributed by atoms with Crippen molar-refractivity contribution in [2.24, 2.45) is 0 Å². The molecule has 0 radical (unpaired) electrons. The fourth-order valence-corrected chi connectivity index (χ4v) is 1.52. The number of carbonyl (C=O) groups is 1. The Morgan fingerprint density at radius 3 is 3.00 bits per heavy atom. The number of hydrogen-bond acceptors (Lipinski definition) is 4. The van der Waals surface area contributed by atoms with E-state index < -0.39 is 5.97 Å². The molecule has 0 amide bonds. The van der Waals surface area contributed by atoms with Crippen LogP contribution in [0.3, 0.4) is 0 Å². The molecule has 74 valence electrons. The Morgan fingerprint density at radius 2 is 2.43 bits per heavy atom. The van der Waals surface area contributed by atoms with Crippen LogP contribution in [0.2, 0.25) is 0 Å². The molecule has 0 aromatic carbocycles. The molecular formula is C10H11NO2S. The van der Waals surface area contributed by atoms with Gasteiger partial charge in [-0.1, -0.05) is 6.92 Å². The largest absolute Gasteiger partial charge is 0.456 e. The average molecular weight is 209 g/mol. The molecule has 0 fully saturated rings. The lowest BCUT2D eigenvalue weighted by molar-refractivity contribution is -0.136. The maximum atomic E-state index is 10.9. The second-order valence-corrected chi connectivity index (χ2v) is 3.56. The van der Waals surface area contributed by atoms with E-state index in [9.17, 15) is 4.79 Å². The molecule has 0 aliphatic carbocycles. The number of aromatic nitrogens is 1. The topological polar surface area (TPSA) is 39.2 Å². The van der Waals surface area contributed by atoms with E-state index in [4.69, 9.17) is 0 Å².